The fourth-order valence-electron chi connectivity index (χ4n) is 3.80. The van der Waals surface area contributed by atoms with Gasteiger partial charge in [-0.2, -0.15) is 5.10 Å². The van der Waals surface area contributed by atoms with Gasteiger partial charge in [0.05, 0.1) is 5.39 Å². The first-order chi connectivity index (χ1) is 14.6. The van der Waals surface area contributed by atoms with E-state index in [2.05, 4.69) is 15.3 Å². The first kappa shape index (κ1) is 20.1. The Hall–Kier alpha value is -3.19. The molecule has 7 nitrogen and oxygen atoms in total. The Labute approximate surface area is 175 Å². The van der Waals surface area contributed by atoms with Crippen molar-refractivity contribution in [2.24, 2.45) is 7.05 Å². The van der Waals surface area contributed by atoms with Crippen molar-refractivity contribution in [2.75, 3.05) is 31.6 Å². The number of benzene rings is 2. The third kappa shape index (κ3) is 4.52. The van der Waals surface area contributed by atoms with Crippen molar-refractivity contribution in [3.63, 3.8) is 0 Å². The Morgan fingerprint density at radius 2 is 1.83 bits per heavy atom. The van der Waals surface area contributed by atoms with Gasteiger partial charge >= 0.3 is 0 Å². The number of nitrogens with zero attached hydrogens (tertiary/aromatic N) is 3. The molecule has 30 heavy (non-hydrogen) atoms. The summed E-state index contributed by atoms with van der Waals surface area (Å²) >= 11 is 0. The predicted molar refractivity (Wildman–Crippen MR) is 117 cm³/mol. The second-order valence-corrected chi connectivity index (χ2v) is 7.56. The van der Waals surface area contributed by atoms with Crippen LogP contribution in [0.4, 0.5) is 5.69 Å². The minimum Gasteiger partial charge on any atom is -0.492 e. The number of carbonyl (C=O) groups excluding carboxylic acids is 1. The van der Waals surface area contributed by atoms with E-state index < -0.39 is 0 Å². The van der Waals surface area contributed by atoms with Crippen molar-refractivity contribution in [3.05, 3.63) is 64.6 Å². The standard InChI is InChI=1S/C23H26N4O3/c1-26-23(29)20-11-4-3-10-19(20)21(25-26)22(28)24-17-8-7-9-18(16-17)30-15-14-27-12-5-2-6-13-27/h3-4,7-11,16H,2,5-6,12-15H2,1H3,(H,24,28). The molecule has 0 aliphatic carbocycles. The van der Waals surface area contributed by atoms with Crippen LogP contribution in [0.5, 0.6) is 5.75 Å². The minimum absolute atomic E-state index is 0.212. The van der Waals surface area contributed by atoms with Crippen molar-refractivity contribution in [3.8, 4) is 5.75 Å². The van der Waals surface area contributed by atoms with Crippen molar-refractivity contribution < 1.29 is 9.53 Å². The number of anilines is 1. The molecule has 1 aromatic heterocycles. The summed E-state index contributed by atoms with van der Waals surface area (Å²) in [6, 6.07) is 14.3. The summed E-state index contributed by atoms with van der Waals surface area (Å²) in [5.41, 5.74) is 0.602. The third-order valence-corrected chi connectivity index (χ3v) is 5.39. The van der Waals surface area contributed by atoms with Crippen LogP contribution in [-0.2, 0) is 7.05 Å². The van der Waals surface area contributed by atoms with E-state index in [1.807, 2.05) is 12.1 Å². The maximum atomic E-state index is 12.9. The first-order valence-electron chi connectivity index (χ1n) is 10.3. The zero-order valence-corrected chi connectivity index (χ0v) is 17.1. The Bertz CT molecular complexity index is 1100. The van der Waals surface area contributed by atoms with Crippen LogP contribution in [-0.4, -0.2) is 46.8 Å². The highest BCUT2D eigenvalue weighted by molar-refractivity contribution is 6.11. The van der Waals surface area contributed by atoms with Crippen molar-refractivity contribution in [1.29, 1.82) is 0 Å². The molecule has 4 rings (SSSR count). The number of piperidine rings is 1. The molecule has 0 atom stereocenters. The molecule has 0 spiro atoms. The Kier molecular flexibility index (Phi) is 6.09. The molecule has 1 saturated heterocycles. The number of ether oxygens (including phenoxy) is 1. The molecule has 1 amide bonds. The maximum Gasteiger partial charge on any atom is 0.276 e. The molecule has 0 bridgehead atoms. The predicted octanol–water partition coefficient (Wildman–Crippen LogP) is 3.05. The number of hydrogen-bond donors (Lipinski definition) is 1. The Morgan fingerprint density at radius 3 is 2.63 bits per heavy atom. The molecular weight excluding hydrogens is 380 g/mol. The van der Waals surface area contributed by atoms with E-state index in [1.165, 1.54) is 23.9 Å². The van der Waals surface area contributed by atoms with E-state index in [0.29, 0.717) is 28.8 Å². The topological polar surface area (TPSA) is 76.5 Å². The van der Waals surface area contributed by atoms with Gasteiger partial charge in [-0.05, 0) is 44.1 Å². The number of carbonyl (C=O) groups is 1. The van der Waals surface area contributed by atoms with Gasteiger partial charge in [-0.25, -0.2) is 4.68 Å². The molecule has 0 unspecified atom stereocenters. The summed E-state index contributed by atoms with van der Waals surface area (Å²) in [5, 5.41) is 8.05. The summed E-state index contributed by atoms with van der Waals surface area (Å²) in [6.07, 6.45) is 3.84. The molecule has 1 aliphatic rings. The van der Waals surface area contributed by atoms with Crippen molar-refractivity contribution >= 4 is 22.4 Å². The highest BCUT2D eigenvalue weighted by Crippen LogP contribution is 2.20. The summed E-state index contributed by atoms with van der Waals surface area (Å²) in [6.45, 7) is 3.80. The molecule has 2 heterocycles. The van der Waals surface area contributed by atoms with E-state index in [4.69, 9.17) is 4.74 Å². The van der Waals surface area contributed by atoms with Gasteiger partial charge in [0.15, 0.2) is 5.69 Å². The second kappa shape index (κ2) is 9.09. The largest absolute Gasteiger partial charge is 0.492 e. The Balaban J connectivity index is 1.45. The monoisotopic (exact) mass is 406 g/mol. The average Bonchev–Trinajstić information content (AvgIpc) is 2.77. The van der Waals surface area contributed by atoms with Crippen LogP contribution in [0.3, 0.4) is 0 Å². The van der Waals surface area contributed by atoms with Crippen LogP contribution < -0.4 is 15.6 Å². The van der Waals surface area contributed by atoms with Gasteiger partial charge in [0.25, 0.3) is 11.5 Å². The van der Waals surface area contributed by atoms with Gasteiger partial charge in [-0.15, -0.1) is 0 Å². The number of rotatable bonds is 6. The maximum absolute atomic E-state index is 12.9. The number of fused-ring (bicyclic) bond motifs is 1. The SMILES string of the molecule is Cn1nc(C(=O)Nc2cccc(OCCN3CCCCC3)c2)c2ccccc2c1=O. The van der Waals surface area contributed by atoms with Crippen LogP contribution in [0.25, 0.3) is 10.8 Å². The highest BCUT2D eigenvalue weighted by atomic mass is 16.5. The van der Waals surface area contributed by atoms with Gasteiger partial charge in [-0.3, -0.25) is 14.5 Å². The summed E-state index contributed by atoms with van der Waals surface area (Å²) < 4.78 is 7.08. The van der Waals surface area contributed by atoms with Gasteiger partial charge in [0.2, 0.25) is 0 Å². The van der Waals surface area contributed by atoms with Gasteiger partial charge in [0.1, 0.15) is 12.4 Å². The quantitative estimate of drug-likeness (QED) is 0.681. The van der Waals surface area contributed by atoms with Crippen molar-refractivity contribution in [2.45, 2.75) is 19.3 Å². The summed E-state index contributed by atoms with van der Waals surface area (Å²) in [5.74, 6) is 0.343. The molecular formula is C23H26N4O3. The lowest BCUT2D eigenvalue weighted by Gasteiger charge is -2.26. The molecule has 0 saturated carbocycles. The van der Waals surface area contributed by atoms with E-state index >= 15 is 0 Å². The molecule has 7 heteroatoms. The Morgan fingerprint density at radius 1 is 1.07 bits per heavy atom. The molecule has 3 aromatic rings. The fraction of sp³-hybridized carbons (Fsp3) is 0.348. The number of nitrogens with one attached hydrogen (secondary N) is 1. The summed E-state index contributed by atoms with van der Waals surface area (Å²) in [4.78, 5) is 27.6. The molecule has 1 aliphatic heterocycles. The van der Waals surface area contributed by atoms with E-state index in [-0.39, 0.29) is 17.2 Å². The van der Waals surface area contributed by atoms with Gasteiger partial charge in [0, 0.05) is 30.7 Å². The van der Waals surface area contributed by atoms with Crippen molar-refractivity contribution in [1.82, 2.24) is 14.7 Å². The van der Waals surface area contributed by atoms with Crippen LogP contribution in [0.1, 0.15) is 29.8 Å². The highest BCUT2D eigenvalue weighted by Gasteiger charge is 2.16. The zero-order valence-electron chi connectivity index (χ0n) is 17.1. The lowest BCUT2D eigenvalue weighted by molar-refractivity contribution is 0.102. The second-order valence-electron chi connectivity index (χ2n) is 7.56. The smallest absolute Gasteiger partial charge is 0.276 e. The van der Waals surface area contributed by atoms with Gasteiger partial charge in [-0.1, -0.05) is 30.7 Å². The molecule has 1 fully saturated rings. The molecule has 156 valence electrons. The lowest BCUT2D eigenvalue weighted by atomic mass is 10.1. The van der Waals surface area contributed by atoms with Crippen LogP contribution >= 0.6 is 0 Å². The molecule has 2 aromatic carbocycles. The van der Waals surface area contributed by atoms with Crippen LogP contribution in [0.2, 0.25) is 0 Å². The lowest BCUT2D eigenvalue weighted by Crippen LogP contribution is -2.33. The fourth-order valence-corrected chi connectivity index (χ4v) is 3.80. The number of amides is 1. The van der Waals surface area contributed by atoms with E-state index in [1.54, 1.807) is 43.4 Å². The minimum atomic E-state index is -0.368. The third-order valence-electron chi connectivity index (χ3n) is 5.39. The average molecular weight is 406 g/mol. The first-order valence-corrected chi connectivity index (χ1v) is 10.3. The number of likely N-dealkylation sites (tertiary alicyclic amines) is 1. The van der Waals surface area contributed by atoms with Crippen LogP contribution in [0, 0.1) is 0 Å². The van der Waals surface area contributed by atoms with E-state index in [9.17, 15) is 9.59 Å². The molecule has 0 radical (unpaired) electrons. The normalized spacial score (nSPS) is 14.6. The number of aromatic nitrogens is 2. The van der Waals surface area contributed by atoms with E-state index in [0.717, 1.165) is 19.6 Å². The van der Waals surface area contributed by atoms with Crippen LogP contribution in [0.15, 0.2) is 53.3 Å². The summed E-state index contributed by atoms with van der Waals surface area (Å²) in [7, 11) is 1.54. The zero-order chi connectivity index (χ0) is 20.9. The van der Waals surface area contributed by atoms with Gasteiger partial charge < -0.3 is 10.1 Å². The molecule has 1 N–H and O–H groups in total. The number of hydrogen-bond acceptors (Lipinski definition) is 5. The number of aryl methyl sites for hydroxylation is 1.